The Balaban J connectivity index is 1.36. The summed E-state index contributed by atoms with van der Waals surface area (Å²) in [5, 5.41) is 5.55. The Morgan fingerprint density at radius 3 is 1.41 bits per heavy atom. The fraction of sp³-hybridized carbons (Fsp3) is 0.640. The van der Waals surface area contributed by atoms with Crippen LogP contribution in [0.1, 0.15) is 67.2 Å². The fourth-order valence-corrected chi connectivity index (χ4v) is 6.50. The van der Waals surface area contributed by atoms with E-state index < -0.39 is 44.7 Å². The summed E-state index contributed by atoms with van der Waals surface area (Å²) < 4.78 is 11.3. The highest BCUT2D eigenvalue weighted by molar-refractivity contribution is 6.04. The number of nitrogens with zero attached hydrogens (tertiary/aromatic N) is 1. The SMILES string of the molecule is CC1(C)[C@@]2(C)CC[C@]1(C(=O)Nc1cccc(NC(=O)[C@@]34CC[C@@](C)(C(=O)O3)C4(C)C)n1)OC2=O. The summed E-state index contributed by atoms with van der Waals surface area (Å²) in [5.74, 6) is -1.13. The number of carbonyl (C=O) groups excluding carboxylic acids is 4. The number of esters is 2. The lowest BCUT2D eigenvalue weighted by Gasteiger charge is -2.35. The molecule has 9 nitrogen and oxygen atoms in total. The molecular weight excluding hydrogens is 438 g/mol. The number of anilines is 2. The number of amides is 2. The third-order valence-electron chi connectivity index (χ3n) is 10.1. The summed E-state index contributed by atoms with van der Waals surface area (Å²) >= 11 is 0. The van der Waals surface area contributed by atoms with Gasteiger partial charge in [-0.15, -0.1) is 0 Å². The monoisotopic (exact) mass is 469 g/mol. The van der Waals surface area contributed by atoms with Crippen LogP contribution in [0, 0.1) is 21.7 Å². The van der Waals surface area contributed by atoms with E-state index in [1.807, 2.05) is 41.5 Å². The number of pyridine rings is 1. The van der Waals surface area contributed by atoms with E-state index >= 15 is 0 Å². The van der Waals surface area contributed by atoms with Crippen LogP contribution < -0.4 is 10.6 Å². The van der Waals surface area contributed by atoms with Gasteiger partial charge in [-0.1, -0.05) is 33.8 Å². The van der Waals surface area contributed by atoms with Crippen LogP contribution in [-0.2, 0) is 28.7 Å². The number of hydrogen-bond donors (Lipinski definition) is 2. The van der Waals surface area contributed by atoms with E-state index in [4.69, 9.17) is 9.47 Å². The Morgan fingerprint density at radius 1 is 0.735 bits per heavy atom. The molecule has 1 aromatic heterocycles. The molecule has 2 N–H and O–H groups in total. The summed E-state index contributed by atoms with van der Waals surface area (Å²) in [7, 11) is 0. The van der Waals surface area contributed by atoms with E-state index in [0.29, 0.717) is 25.7 Å². The molecule has 0 spiro atoms. The number of nitrogens with one attached hydrogen (secondary N) is 2. The number of carbonyl (C=O) groups is 4. The highest BCUT2D eigenvalue weighted by Gasteiger charge is 2.76. The van der Waals surface area contributed by atoms with E-state index in [1.54, 1.807) is 18.2 Å². The van der Waals surface area contributed by atoms with Gasteiger partial charge >= 0.3 is 11.9 Å². The van der Waals surface area contributed by atoms with E-state index in [2.05, 4.69) is 15.6 Å². The summed E-state index contributed by atoms with van der Waals surface area (Å²) in [5.41, 5.74) is -5.33. The first-order valence-corrected chi connectivity index (χ1v) is 11.7. The van der Waals surface area contributed by atoms with Crippen molar-refractivity contribution in [1.82, 2.24) is 4.98 Å². The van der Waals surface area contributed by atoms with Crippen LogP contribution in [0.2, 0.25) is 0 Å². The van der Waals surface area contributed by atoms with Gasteiger partial charge in [0, 0.05) is 10.8 Å². The van der Waals surface area contributed by atoms with E-state index in [1.165, 1.54) is 0 Å². The van der Waals surface area contributed by atoms with Crippen LogP contribution in [0.3, 0.4) is 0 Å². The molecule has 5 rings (SSSR count). The Morgan fingerprint density at radius 2 is 1.12 bits per heavy atom. The topological polar surface area (TPSA) is 124 Å². The summed E-state index contributed by atoms with van der Waals surface area (Å²) in [4.78, 5) is 56.0. The second kappa shape index (κ2) is 6.37. The van der Waals surface area contributed by atoms with Crippen LogP contribution in [0.4, 0.5) is 11.6 Å². The van der Waals surface area contributed by atoms with Crippen molar-refractivity contribution in [3.63, 3.8) is 0 Å². The number of aromatic nitrogens is 1. The van der Waals surface area contributed by atoms with Gasteiger partial charge < -0.3 is 20.1 Å². The van der Waals surface area contributed by atoms with Crippen LogP contribution in [0.25, 0.3) is 0 Å². The maximum Gasteiger partial charge on any atom is 0.313 e. The quantitative estimate of drug-likeness (QED) is 0.649. The average molecular weight is 470 g/mol. The second-order valence-corrected chi connectivity index (χ2v) is 11.7. The molecule has 4 bridgehead atoms. The lowest BCUT2D eigenvalue weighted by Crippen LogP contribution is -2.51. The molecule has 182 valence electrons. The largest absolute Gasteiger partial charge is 0.448 e. The number of fused-ring (bicyclic) bond motifs is 4. The normalized spacial score (nSPS) is 38.4. The van der Waals surface area contributed by atoms with Crippen molar-refractivity contribution in [2.24, 2.45) is 21.7 Å². The summed E-state index contributed by atoms with van der Waals surface area (Å²) in [6.45, 7) is 11.2. The standard InChI is InChI=1S/C25H31N3O6/c1-20(2)22(5)10-12-24(20,33-18(22)31)16(29)27-14-8-7-9-15(26-14)28-17(30)25-13-11-23(6,19(32)34-25)21(25,3)4/h7-9H,10-13H2,1-6H3,(H2,26,27,28,29,30)/t22-,23-,24+,25+/m0/s1. The maximum absolute atomic E-state index is 13.3. The highest BCUT2D eigenvalue weighted by atomic mass is 16.6. The first-order valence-electron chi connectivity index (χ1n) is 11.7. The summed E-state index contributed by atoms with van der Waals surface area (Å²) in [6.07, 6.45) is 2.02. The van der Waals surface area contributed by atoms with Gasteiger partial charge in [-0.05, 0) is 51.7 Å². The fourth-order valence-electron chi connectivity index (χ4n) is 6.50. The molecule has 2 aliphatic heterocycles. The van der Waals surface area contributed by atoms with Gasteiger partial charge in [0.1, 0.15) is 11.6 Å². The van der Waals surface area contributed by atoms with Crippen molar-refractivity contribution in [1.29, 1.82) is 0 Å². The van der Waals surface area contributed by atoms with Gasteiger partial charge in [-0.2, -0.15) is 0 Å². The van der Waals surface area contributed by atoms with Crippen molar-refractivity contribution < 1.29 is 28.7 Å². The molecule has 3 heterocycles. The van der Waals surface area contributed by atoms with Gasteiger partial charge in [0.2, 0.25) is 0 Å². The lowest BCUT2D eigenvalue weighted by atomic mass is 9.66. The molecule has 0 unspecified atom stereocenters. The molecule has 4 atom stereocenters. The van der Waals surface area contributed by atoms with E-state index in [0.717, 1.165) is 0 Å². The van der Waals surface area contributed by atoms with Crippen LogP contribution in [0.15, 0.2) is 18.2 Å². The second-order valence-electron chi connectivity index (χ2n) is 11.7. The van der Waals surface area contributed by atoms with Gasteiger partial charge in [0.05, 0.1) is 10.8 Å². The minimum absolute atomic E-state index is 0.223. The predicted molar refractivity (Wildman–Crippen MR) is 121 cm³/mol. The van der Waals surface area contributed by atoms with E-state index in [-0.39, 0.29) is 23.6 Å². The molecule has 2 saturated carbocycles. The molecular formula is C25H31N3O6. The smallest absolute Gasteiger partial charge is 0.313 e. The van der Waals surface area contributed by atoms with Crippen LogP contribution in [0.5, 0.6) is 0 Å². The first kappa shape index (κ1) is 22.8. The van der Waals surface area contributed by atoms with Gasteiger partial charge in [-0.25, -0.2) is 4.98 Å². The molecule has 2 aliphatic carbocycles. The zero-order chi connectivity index (χ0) is 24.9. The van der Waals surface area contributed by atoms with Crippen molar-refractivity contribution in [3.8, 4) is 0 Å². The number of rotatable bonds is 4. The number of hydrogen-bond acceptors (Lipinski definition) is 7. The number of ether oxygens (including phenoxy) is 2. The van der Waals surface area contributed by atoms with Crippen molar-refractivity contribution in [3.05, 3.63) is 18.2 Å². The zero-order valence-corrected chi connectivity index (χ0v) is 20.5. The van der Waals surface area contributed by atoms with Crippen molar-refractivity contribution in [2.75, 3.05) is 10.6 Å². The first-order chi connectivity index (χ1) is 15.7. The van der Waals surface area contributed by atoms with Gasteiger partial charge in [0.25, 0.3) is 11.8 Å². The van der Waals surface area contributed by atoms with Crippen LogP contribution in [-0.4, -0.2) is 39.9 Å². The Kier molecular flexibility index (Phi) is 4.27. The molecule has 34 heavy (non-hydrogen) atoms. The third kappa shape index (κ3) is 2.33. The van der Waals surface area contributed by atoms with Gasteiger partial charge in [-0.3, -0.25) is 19.2 Å². The van der Waals surface area contributed by atoms with Crippen LogP contribution >= 0.6 is 0 Å². The van der Waals surface area contributed by atoms with Crippen molar-refractivity contribution in [2.45, 2.75) is 78.4 Å². The molecule has 0 aromatic carbocycles. The molecule has 1 aromatic rings. The molecule has 4 aliphatic rings. The minimum Gasteiger partial charge on any atom is -0.448 e. The summed E-state index contributed by atoms with van der Waals surface area (Å²) in [6, 6.07) is 4.86. The molecule has 4 fully saturated rings. The predicted octanol–water partition coefficient (Wildman–Crippen LogP) is 3.20. The third-order valence-corrected chi connectivity index (χ3v) is 10.1. The Hall–Kier alpha value is -2.97. The van der Waals surface area contributed by atoms with E-state index in [9.17, 15) is 19.2 Å². The minimum atomic E-state index is -1.27. The lowest BCUT2D eigenvalue weighted by molar-refractivity contribution is -0.166. The van der Waals surface area contributed by atoms with Gasteiger partial charge in [0.15, 0.2) is 11.2 Å². The molecule has 9 heteroatoms. The Labute approximate surface area is 198 Å². The van der Waals surface area contributed by atoms with Crippen molar-refractivity contribution >= 4 is 35.4 Å². The molecule has 0 radical (unpaired) electrons. The average Bonchev–Trinajstić information content (AvgIpc) is 3.22. The zero-order valence-electron chi connectivity index (χ0n) is 20.5. The Bertz CT molecular complexity index is 1080. The highest BCUT2D eigenvalue weighted by Crippen LogP contribution is 2.66. The maximum atomic E-state index is 13.3. The molecule has 2 amide bonds. The molecule has 2 saturated heterocycles.